The molecule has 1 N–H and O–H groups in total. The molecule has 1 saturated heterocycles. The molecule has 118 valence electrons. The van der Waals surface area contributed by atoms with Crippen molar-refractivity contribution < 1.29 is 9.21 Å². The van der Waals surface area contributed by atoms with Gasteiger partial charge in [0.1, 0.15) is 5.76 Å². The molecule has 2 heterocycles. The smallest absolute Gasteiger partial charge is 0.273 e. The summed E-state index contributed by atoms with van der Waals surface area (Å²) in [5, 5.41) is 2.95. The van der Waals surface area contributed by atoms with Gasteiger partial charge in [-0.3, -0.25) is 4.79 Å². The van der Waals surface area contributed by atoms with Crippen molar-refractivity contribution >= 4 is 5.91 Å². The molecule has 0 radical (unpaired) electrons. The van der Waals surface area contributed by atoms with Crippen molar-refractivity contribution in [1.29, 1.82) is 0 Å². The number of carbonyl (C=O) groups excluding carboxylic acids is 1. The van der Waals surface area contributed by atoms with Crippen LogP contribution in [0.1, 0.15) is 61.7 Å². The van der Waals surface area contributed by atoms with Crippen LogP contribution in [0.3, 0.4) is 0 Å². The summed E-state index contributed by atoms with van der Waals surface area (Å²) < 4.78 is 5.53. The Kier molecular flexibility index (Phi) is 5.39. The van der Waals surface area contributed by atoms with Crippen molar-refractivity contribution in [2.24, 2.45) is 5.92 Å². The van der Waals surface area contributed by atoms with Crippen LogP contribution in [0.5, 0.6) is 0 Å². The zero-order valence-electron chi connectivity index (χ0n) is 13.6. The number of amides is 1. The molecule has 0 spiro atoms. The number of nitrogens with zero attached hydrogens (tertiary/aromatic N) is 2. The average molecular weight is 293 g/mol. The molecule has 1 fully saturated rings. The van der Waals surface area contributed by atoms with Crippen molar-refractivity contribution in [3.63, 3.8) is 0 Å². The second-order valence-corrected chi connectivity index (χ2v) is 6.42. The number of likely N-dealkylation sites (tertiary alicyclic amines) is 1. The van der Waals surface area contributed by atoms with Gasteiger partial charge in [-0.15, -0.1) is 0 Å². The number of piperidine rings is 1. The van der Waals surface area contributed by atoms with Crippen LogP contribution in [0.4, 0.5) is 0 Å². The zero-order valence-corrected chi connectivity index (χ0v) is 13.6. The summed E-state index contributed by atoms with van der Waals surface area (Å²) in [5.41, 5.74) is 0.422. The van der Waals surface area contributed by atoms with E-state index in [0.29, 0.717) is 23.9 Å². The number of aryl methyl sites for hydroxylation is 1. The van der Waals surface area contributed by atoms with Crippen LogP contribution in [0.2, 0.25) is 0 Å². The van der Waals surface area contributed by atoms with Crippen molar-refractivity contribution in [3.05, 3.63) is 17.3 Å². The molecule has 5 heteroatoms. The van der Waals surface area contributed by atoms with E-state index in [2.05, 4.69) is 22.1 Å². The van der Waals surface area contributed by atoms with Crippen molar-refractivity contribution in [1.82, 2.24) is 15.2 Å². The lowest BCUT2D eigenvalue weighted by molar-refractivity contribution is 0.0938. The Morgan fingerprint density at radius 1 is 1.52 bits per heavy atom. The molecular formula is C16H27N3O2. The van der Waals surface area contributed by atoms with E-state index in [1.165, 1.54) is 12.8 Å². The summed E-state index contributed by atoms with van der Waals surface area (Å²) in [6, 6.07) is 0. The van der Waals surface area contributed by atoms with Gasteiger partial charge in [-0.1, -0.05) is 20.8 Å². The lowest BCUT2D eigenvalue weighted by atomic mass is 10.0. The van der Waals surface area contributed by atoms with Gasteiger partial charge in [-0.05, 0) is 32.2 Å². The van der Waals surface area contributed by atoms with Gasteiger partial charge in [0, 0.05) is 25.6 Å². The van der Waals surface area contributed by atoms with Gasteiger partial charge >= 0.3 is 0 Å². The van der Waals surface area contributed by atoms with Crippen LogP contribution >= 0.6 is 0 Å². The first-order chi connectivity index (χ1) is 9.97. The van der Waals surface area contributed by atoms with E-state index in [9.17, 15) is 4.79 Å². The molecule has 1 unspecified atom stereocenters. The van der Waals surface area contributed by atoms with E-state index < -0.39 is 0 Å². The Labute approximate surface area is 127 Å². The first-order valence-electron chi connectivity index (χ1n) is 7.95. The molecule has 21 heavy (non-hydrogen) atoms. The molecule has 1 amide bonds. The van der Waals surface area contributed by atoms with E-state index in [1.807, 2.05) is 13.8 Å². The molecule has 2 rings (SSSR count). The Morgan fingerprint density at radius 2 is 2.29 bits per heavy atom. The number of carbonyl (C=O) groups is 1. The summed E-state index contributed by atoms with van der Waals surface area (Å²) in [4.78, 5) is 18.9. The van der Waals surface area contributed by atoms with Gasteiger partial charge in [-0.25, -0.2) is 4.98 Å². The number of hydrogen-bond acceptors (Lipinski definition) is 4. The topological polar surface area (TPSA) is 58.4 Å². The highest BCUT2D eigenvalue weighted by Crippen LogP contribution is 2.17. The van der Waals surface area contributed by atoms with E-state index >= 15 is 0 Å². The second kappa shape index (κ2) is 7.07. The minimum absolute atomic E-state index is 0.131. The van der Waals surface area contributed by atoms with E-state index in [-0.39, 0.29) is 11.8 Å². The Morgan fingerprint density at radius 3 is 2.90 bits per heavy atom. The van der Waals surface area contributed by atoms with E-state index in [0.717, 1.165) is 25.6 Å². The first-order valence-corrected chi connectivity index (χ1v) is 7.95. The lowest BCUT2D eigenvalue weighted by Gasteiger charge is -2.30. The van der Waals surface area contributed by atoms with Gasteiger partial charge < -0.3 is 14.6 Å². The largest absolute Gasteiger partial charge is 0.445 e. The summed E-state index contributed by atoms with van der Waals surface area (Å²) >= 11 is 0. The third-order valence-electron chi connectivity index (χ3n) is 3.98. The third-order valence-corrected chi connectivity index (χ3v) is 3.98. The molecule has 1 aromatic rings. The minimum Gasteiger partial charge on any atom is -0.445 e. The molecule has 1 aliphatic heterocycles. The molecule has 0 aromatic carbocycles. The average Bonchev–Trinajstić information content (AvgIpc) is 2.81. The van der Waals surface area contributed by atoms with Gasteiger partial charge in [-0.2, -0.15) is 0 Å². The Balaban J connectivity index is 1.81. The number of rotatable bonds is 5. The fourth-order valence-corrected chi connectivity index (χ4v) is 2.78. The molecule has 0 bridgehead atoms. The standard InChI is InChI=1S/C16H27N3O2/c1-11(2)16-18-14(13(4)21-16)15(20)17-7-9-19-8-5-6-12(3)10-19/h11-12H,5-10H2,1-4H3,(H,17,20). The van der Waals surface area contributed by atoms with Crippen LogP contribution in [-0.4, -0.2) is 42.0 Å². The maximum absolute atomic E-state index is 12.2. The Bertz CT molecular complexity index is 482. The van der Waals surface area contributed by atoms with Gasteiger partial charge in [0.15, 0.2) is 11.6 Å². The highest BCUT2D eigenvalue weighted by molar-refractivity contribution is 5.93. The number of hydrogen-bond donors (Lipinski definition) is 1. The fourth-order valence-electron chi connectivity index (χ4n) is 2.78. The Hall–Kier alpha value is -1.36. The first kappa shape index (κ1) is 16.0. The molecule has 1 atom stereocenters. The quantitative estimate of drug-likeness (QED) is 0.906. The molecule has 0 saturated carbocycles. The molecule has 1 aliphatic rings. The highest BCUT2D eigenvalue weighted by Gasteiger charge is 2.19. The van der Waals surface area contributed by atoms with Crippen LogP contribution in [-0.2, 0) is 0 Å². The molecule has 5 nitrogen and oxygen atoms in total. The minimum atomic E-state index is -0.131. The monoisotopic (exact) mass is 293 g/mol. The van der Waals surface area contributed by atoms with Crippen molar-refractivity contribution in [3.8, 4) is 0 Å². The molecule has 0 aliphatic carbocycles. The number of oxazole rings is 1. The second-order valence-electron chi connectivity index (χ2n) is 6.42. The van der Waals surface area contributed by atoms with Crippen LogP contribution in [0.15, 0.2) is 4.42 Å². The number of nitrogens with one attached hydrogen (secondary N) is 1. The van der Waals surface area contributed by atoms with Gasteiger partial charge in [0.05, 0.1) is 0 Å². The fraction of sp³-hybridized carbons (Fsp3) is 0.750. The number of aromatic nitrogens is 1. The predicted octanol–water partition coefficient (Wildman–Crippen LogP) is 2.57. The van der Waals surface area contributed by atoms with Crippen LogP contribution in [0, 0.1) is 12.8 Å². The maximum Gasteiger partial charge on any atom is 0.273 e. The molecular weight excluding hydrogens is 266 g/mol. The van der Waals surface area contributed by atoms with E-state index in [1.54, 1.807) is 6.92 Å². The predicted molar refractivity (Wildman–Crippen MR) is 82.5 cm³/mol. The summed E-state index contributed by atoms with van der Waals surface area (Å²) in [6.07, 6.45) is 2.58. The summed E-state index contributed by atoms with van der Waals surface area (Å²) in [5.74, 6) is 2.06. The van der Waals surface area contributed by atoms with Gasteiger partial charge in [0.2, 0.25) is 0 Å². The van der Waals surface area contributed by atoms with E-state index in [4.69, 9.17) is 4.42 Å². The van der Waals surface area contributed by atoms with Crippen LogP contribution in [0.25, 0.3) is 0 Å². The molecule has 1 aromatic heterocycles. The van der Waals surface area contributed by atoms with Crippen molar-refractivity contribution in [2.45, 2.75) is 46.5 Å². The van der Waals surface area contributed by atoms with Crippen LogP contribution < -0.4 is 5.32 Å². The van der Waals surface area contributed by atoms with Crippen molar-refractivity contribution in [2.75, 3.05) is 26.2 Å². The summed E-state index contributed by atoms with van der Waals surface area (Å²) in [6.45, 7) is 11.9. The van der Waals surface area contributed by atoms with Gasteiger partial charge in [0.25, 0.3) is 5.91 Å². The maximum atomic E-state index is 12.2. The zero-order chi connectivity index (χ0) is 15.4. The normalized spacial score (nSPS) is 20.0. The SMILES string of the molecule is Cc1oc(C(C)C)nc1C(=O)NCCN1CCCC(C)C1. The summed E-state index contributed by atoms with van der Waals surface area (Å²) in [7, 11) is 0. The highest BCUT2D eigenvalue weighted by atomic mass is 16.4. The lowest BCUT2D eigenvalue weighted by Crippen LogP contribution is -2.40. The third kappa shape index (κ3) is 4.30.